The van der Waals surface area contributed by atoms with Crippen molar-refractivity contribution in [1.29, 1.82) is 0 Å². The molecule has 6 heteroatoms. The van der Waals surface area contributed by atoms with Crippen LogP contribution in [-0.2, 0) is 11.2 Å². The number of ether oxygens (including phenoxy) is 1. The minimum atomic E-state index is -0.528. The molecule has 138 valence electrons. The minimum absolute atomic E-state index is 0.0748. The van der Waals surface area contributed by atoms with Crippen molar-refractivity contribution in [2.24, 2.45) is 0 Å². The maximum Gasteiger partial charge on any atom is 0.407 e. The van der Waals surface area contributed by atoms with Gasteiger partial charge < -0.3 is 15.0 Å². The first-order valence-electron chi connectivity index (χ1n) is 8.53. The number of amides is 1. The van der Waals surface area contributed by atoms with Crippen molar-refractivity contribution < 1.29 is 9.53 Å². The Hall–Kier alpha value is -1.91. The fourth-order valence-electron chi connectivity index (χ4n) is 3.06. The Kier molecular flexibility index (Phi) is 5.35. The van der Waals surface area contributed by atoms with Crippen LogP contribution in [0, 0.1) is 0 Å². The number of hydrogen-bond donors (Lipinski definition) is 1. The van der Waals surface area contributed by atoms with Gasteiger partial charge in [-0.1, -0.05) is 41.4 Å². The highest BCUT2D eigenvalue weighted by Crippen LogP contribution is 2.36. The van der Waals surface area contributed by atoms with Gasteiger partial charge in [0.1, 0.15) is 5.60 Å². The van der Waals surface area contributed by atoms with Crippen LogP contribution >= 0.6 is 23.2 Å². The number of hydrogen-bond acceptors (Lipinski definition) is 3. The smallest absolute Gasteiger partial charge is 0.407 e. The predicted molar refractivity (Wildman–Crippen MR) is 107 cm³/mol. The van der Waals surface area contributed by atoms with Crippen molar-refractivity contribution >= 4 is 40.7 Å². The number of rotatable bonds is 2. The number of carbonyl (C=O) groups excluding carboxylic acids is 1. The summed E-state index contributed by atoms with van der Waals surface area (Å²) >= 11 is 12.3. The lowest BCUT2D eigenvalue weighted by Gasteiger charge is -2.36. The van der Waals surface area contributed by atoms with E-state index in [0.717, 1.165) is 23.4 Å². The van der Waals surface area contributed by atoms with Crippen LogP contribution in [0.2, 0.25) is 10.0 Å². The summed E-state index contributed by atoms with van der Waals surface area (Å²) in [5.41, 5.74) is 2.67. The molecule has 0 unspecified atom stereocenters. The molecule has 1 amide bonds. The number of alkyl carbamates (subject to hydrolysis) is 1. The highest BCUT2D eigenvalue weighted by molar-refractivity contribution is 6.42. The molecule has 2 aromatic carbocycles. The molecule has 1 aliphatic rings. The van der Waals surface area contributed by atoms with Crippen LogP contribution in [-0.4, -0.2) is 24.3 Å². The number of carbonyl (C=O) groups is 1. The van der Waals surface area contributed by atoms with E-state index in [1.807, 2.05) is 45.0 Å². The molecule has 0 saturated heterocycles. The number of halogens is 2. The van der Waals surface area contributed by atoms with Gasteiger partial charge in [0.05, 0.1) is 16.1 Å². The highest BCUT2D eigenvalue weighted by Gasteiger charge is 2.28. The van der Waals surface area contributed by atoms with E-state index in [4.69, 9.17) is 27.9 Å². The van der Waals surface area contributed by atoms with Crippen LogP contribution in [0.15, 0.2) is 42.5 Å². The topological polar surface area (TPSA) is 41.6 Å². The fourth-order valence-corrected chi connectivity index (χ4v) is 3.36. The lowest BCUT2D eigenvalue weighted by atomic mass is 9.97. The van der Waals surface area contributed by atoms with Crippen molar-refractivity contribution in [1.82, 2.24) is 5.32 Å². The van der Waals surface area contributed by atoms with Gasteiger partial charge in [0.15, 0.2) is 0 Å². The summed E-state index contributed by atoms with van der Waals surface area (Å²) in [5, 5.41) is 4.00. The van der Waals surface area contributed by atoms with Crippen LogP contribution in [0.4, 0.5) is 16.2 Å². The van der Waals surface area contributed by atoms with Crippen LogP contribution in [0.1, 0.15) is 26.3 Å². The van der Waals surface area contributed by atoms with Gasteiger partial charge in [0.25, 0.3) is 0 Å². The van der Waals surface area contributed by atoms with Crippen molar-refractivity contribution in [2.45, 2.75) is 38.8 Å². The molecule has 0 saturated carbocycles. The standard InChI is InChI=1S/C20H22Cl2N2O2/c1-20(2,3)26-19(25)23-14-10-13-6-4-5-7-18(13)24(12-14)15-8-9-16(21)17(22)11-15/h4-9,11,14H,10,12H2,1-3H3,(H,23,25)/t14-/m0/s1. The molecule has 4 nitrogen and oxygen atoms in total. The Balaban J connectivity index is 1.86. The molecule has 26 heavy (non-hydrogen) atoms. The third-order valence-corrected chi connectivity index (χ3v) is 4.83. The Bertz CT molecular complexity index is 818. The molecule has 1 heterocycles. The molecule has 0 fully saturated rings. The summed E-state index contributed by atoms with van der Waals surface area (Å²) in [5.74, 6) is 0. The molecule has 1 aliphatic heterocycles. The third kappa shape index (κ3) is 4.43. The summed E-state index contributed by atoms with van der Waals surface area (Å²) < 4.78 is 5.40. The minimum Gasteiger partial charge on any atom is -0.444 e. The lowest BCUT2D eigenvalue weighted by molar-refractivity contribution is 0.0505. The van der Waals surface area contributed by atoms with Gasteiger partial charge in [0, 0.05) is 17.9 Å². The molecular formula is C20H22Cl2N2O2. The van der Waals surface area contributed by atoms with E-state index in [0.29, 0.717) is 16.6 Å². The average molecular weight is 393 g/mol. The first-order chi connectivity index (χ1) is 12.2. The zero-order chi connectivity index (χ0) is 18.9. The Morgan fingerprint density at radius 1 is 1.15 bits per heavy atom. The van der Waals surface area contributed by atoms with E-state index in [2.05, 4.69) is 22.3 Å². The number of para-hydroxylation sites is 1. The zero-order valence-corrected chi connectivity index (χ0v) is 16.6. The number of nitrogens with one attached hydrogen (secondary N) is 1. The molecule has 0 spiro atoms. The van der Waals surface area contributed by atoms with Gasteiger partial charge in [-0.15, -0.1) is 0 Å². The largest absolute Gasteiger partial charge is 0.444 e. The van der Waals surface area contributed by atoms with E-state index in [1.54, 1.807) is 6.07 Å². The maximum absolute atomic E-state index is 12.2. The predicted octanol–water partition coefficient (Wildman–Crippen LogP) is 5.58. The van der Waals surface area contributed by atoms with Crippen LogP contribution in [0.25, 0.3) is 0 Å². The van der Waals surface area contributed by atoms with Crippen LogP contribution < -0.4 is 10.2 Å². The molecule has 0 aliphatic carbocycles. The SMILES string of the molecule is CC(C)(C)OC(=O)N[C@H]1Cc2ccccc2N(c2ccc(Cl)c(Cl)c2)C1. The summed E-state index contributed by atoms with van der Waals surface area (Å²) in [6.07, 6.45) is 0.337. The van der Waals surface area contributed by atoms with Gasteiger partial charge in [0.2, 0.25) is 0 Å². The molecule has 0 bridgehead atoms. The molecule has 0 radical (unpaired) electrons. The first kappa shape index (κ1) is 18.9. The van der Waals surface area contributed by atoms with Gasteiger partial charge >= 0.3 is 6.09 Å². The van der Waals surface area contributed by atoms with E-state index >= 15 is 0 Å². The molecule has 1 atom stereocenters. The molecule has 0 aromatic heterocycles. The highest BCUT2D eigenvalue weighted by atomic mass is 35.5. The number of benzene rings is 2. The van der Waals surface area contributed by atoms with Gasteiger partial charge in [-0.2, -0.15) is 0 Å². The molecule has 2 aromatic rings. The van der Waals surface area contributed by atoms with Crippen molar-refractivity contribution in [3.8, 4) is 0 Å². The van der Waals surface area contributed by atoms with Crippen molar-refractivity contribution in [2.75, 3.05) is 11.4 Å². The monoisotopic (exact) mass is 392 g/mol. The maximum atomic E-state index is 12.2. The lowest BCUT2D eigenvalue weighted by Crippen LogP contribution is -2.48. The van der Waals surface area contributed by atoms with E-state index in [-0.39, 0.29) is 6.04 Å². The number of nitrogens with zero attached hydrogens (tertiary/aromatic N) is 1. The van der Waals surface area contributed by atoms with Crippen LogP contribution in [0.5, 0.6) is 0 Å². The summed E-state index contributed by atoms with van der Waals surface area (Å²) in [4.78, 5) is 14.3. The Morgan fingerprint density at radius 3 is 2.58 bits per heavy atom. The number of fused-ring (bicyclic) bond motifs is 1. The second kappa shape index (κ2) is 7.37. The van der Waals surface area contributed by atoms with Crippen molar-refractivity contribution in [3.05, 3.63) is 58.1 Å². The van der Waals surface area contributed by atoms with Gasteiger partial charge in [-0.3, -0.25) is 0 Å². The van der Waals surface area contributed by atoms with E-state index in [1.165, 1.54) is 0 Å². The van der Waals surface area contributed by atoms with Crippen molar-refractivity contribution in [3.63, 3.8) is 0 Å². The van der Waals surface area contributed by atoms with E-state index < -0.39 is 11.7 Å². The number of anilines is 2. The average Bonchev–Trinajstić information content (AvgIpc) is 2.55. The molecular weight excluding hydrogens is 371 g/mol. The summed E-state index contributed by atoms with van der Waals surface area (Å²) in [6.45, 7) is 6.18. The molecule has 3 rings (SSSR count). The van der Waals surface area contributed by atoms with E-state index in [9.17, 15) is 4.79 Å². The van der Waals surface area contributed by atoms with Gasteiger partial charge in [-0.25, -0.2) is 4.79 Å². The second-order valence-corrected chi connectivity index (χ2v) is 8.20. The van der Waals surface area contributed by atoms with Gasteiger partial charge in [-0.05, 0) is 57.0 Å². The summed E-state index contributed by atoms with van der Waals surface area (Å²) in [7, 11) is 0. The summed E-state index contributed by atoms with van der Waals surface area (Å²) in [6, 6.07) is 13.6. The molecule has 1 N–H and O–H groups in total. The Morgan fingerprint density at radius 2 is 1.88 bits per heavy atom. The van der Waals surface area contributed by atoms with Crippen LogP contribution in [0.3, 0.4) is 0 Å². The normalized spacial score (nSPS) is 16.8. The zero-order valence-electron chi connectivity index (χ0n) is 15.1. The third-order valence-electron chi connectivity index (χ3n) is 4.09. The Labute approximate surface area is 164 Å². The second-order valence-electron chi connectivity index (χ2n) is 7.39. The fraction of sp³-hybridized carbons (Fsp3) is 0.350. The first-order valence-corrected chi connectivity index (χ1v) is 9.28. The quantitative estimate of drug-likeness (QED) is 0.724.